The molecule has 0 amide bonds. The van der Waals surface area contributed by atoms with E-state index in [4.69, 9.17) is 9.47 Å². The SMILES string of the molecule is CCCCC/C=C/C/C=C/CCCCCCCCOCC(CCN1CCN(C)CC1)OCCCCCCCC/C=C/C/C=C/CCCCC. The molecule has 0 aromatic heterocycles. The van der Waals surface area contributed by atoms with Gasteiger partial charge < -0.3 is 19.3 Å². The first-order chi connectivity index (χ1) is 24.3. The van der Waals surface area contributed by atoms with Crippen LogP contribution in [0.2, 0.25) is 0 Å². The highest BCUT2D eigenvalue weighted by Gasteiger charge is 2.16. The fourth-order valence-corrected chi connectivity index (χ4v) is 6.36. The number of unbranched alkanes of at least 4 members (excludes halogenated alkanes) is 18. The molecule has 1 rings (SSSR count). The zero-order valence-electron chi connectivity index (χ0n) is 33.2. The molecule has 1 unspecified atom stereocenters. The summed E-state index contributed by atoms with van der Waals surface area (Å²) in [5.41, 5.74) is 0. The lowest BCUT2D eigenvalue weighted by molar-refractivity contribution is -0.0276. The number of piperazine rings is 1. The zero-order valence-corrected chi connectivity index (χ0v) is 33.2. The molecule has 0 spiro atoms. The third-order valence-corrected chi connectivity index (χ3v) is 9.85. The summed E-state index contributed by atoms with van der Waals surface area (Å²) in [6.07, 6.45) is 51.0. The molecular formula is C45H84N2O2. The highest BCUT2D eigenvalue weighted by atomic mass is 16.5. The van der Waals surface area contributed by atoms with Gasteiger partial charge in [0.05, 0.1) is 12.7 Å². The number of hydrogen-bond acceptors (Lipinski definition) is 4. The van der Waals surface area contributed by atoms with Crippen LogP contribution >= 0.6 is 0 Å². The lowest BCUT2D eigenvalue weighted by atomic mass is 10.1. The first-order valence-electron chi connectivity index (χ1n) is 21.5. The van der Waals surface area contributed by atoms with Crippen molar-refractivity contribution in [2.45, 2.75) is 180 Å². The van der Waals surface area contributed by atoms with Crippen molar-refractivity contribution in [1.29, 1.82) is 0 Å². The summed E-state index contributed by atoms with van der Waals surface area (Å²) in [5.74, 6) is 0. The molecular weight excluding hydrogens is 601 g/mol. The summed E-state index contributed by atoms with van der Waals surface area (Å²) in [6.45, 7) is 12.9. The maximum atomic E-state index is 6.42. The van der Waals surface area contributed by atoms with E-state index in [0.717, 1.165) is 45.6 Å². The average Bonchev–Trinajstić information content (AvgIpc) is 3.11. The van der Waals surface area contributed by atoms with Gasteiger partial charge >= 0.3 is 0 Å². The van der Waals surface area contributed by atoms with Gasteiger partial charge in [0.25, 0.3) is 0 Å². The fraction of sp³-hybridized carbons (Fsp3) is 0.822. The Hall–Kier alpha value is -1.20. The normalized spacial score (nSPS) is 15.7. The number of allylic oxidation sites excluding steroid dienone is 8. The highest BCUT2D eigenvalue weighted by molar-refractivity contribution is 4.93. The van der Waals surface area contributed by atoms with E-state index in [1.54, 1.807) is 0 Å². The average molecular weight is 685 g/mol. The molecule has 4 heteroatoms. The van der Waals surface area contributed by atoms with Crippen molar-refractivity contribution in [2.24, 2.45) is 0 Å². The topological polar surface area (TPSA) is 24.9 Å². The molecule has 4 nitrogen and oxygen atoms in total. The van der Waals surface area contributed by atoms with Gasteiger partial charge in [-0.15, -0.1) is 0 Å². The largest absolute Gasteiger partial charge is 0.379 e. The third-order valence-electron chi connectivity index (χ3n) is 9.85. The van der Waals surface area contributed by atoms with Crippen molar-refractivity contribution in [1.82, 2.24) is 9.80 Å². The fourth-order valence-electron chi connectivity index (χ4n) is 6.36. The summed E-state index contributed by atoms with van der Waals surface area (Å²) in [7, 11) is 2.23. The van der Waals surface area contributed by atoms with Gasteiger partial charge in [-0.05, 0) is 90.5 Å². The first kappa shape index (κ1) is 45.8. The van der Waals surface area contributed by atoms with Crippen LogP contribution in [-0.2, 0) is 9.47 Å². The van der Waals surface area contributed by atoms with E-state index >= 15 is 0 Å². The Morgan fingerprint density at radius 1 is 0.490 bits per heavy atom. The molecule has 49 heavy (non-hydrogen) atoms. The summed E-state index contributed by atoms with van der Waals surface area (Å²) >= 11 is 0. The van der Waals surface area contributed by atoms with Gasteiger partial charge in [0.2, 0.25) is 0 Å². The maximum Gasteiger partial charge on any atom is 0.0820 e. The van der Waals surface area contributed by atoms with E-state index in [1.165, 1.54) is 167 Å². The number of ether oxygens (including phenoxy) is 2. The van der Waals surface area contributed by atoms with Gasteiger partial charge in [0.1, 0.15) is 0 Å². The Morgan fingerprint density at radius 3 is 1.41 bits per heavy atom. The quantitative estimate of drug-likeness (QED) is 0.0484. The van der Waals surface area contributed by atoms with Crippen LogP contribution in [0.5, 0.6) is 0 Å². The summed E-state index contributed by atoms with van der Waals surface area (Å²) in [4.78, 5) is 5.05. The Bertz CT molecular complexity index is 768. The van der Waals surface area contributed by atoms with Gasteiger partial charge in [0, 0.05) is 45.9 Å². The minimum atomic E-state index is 0.238. The molecule has 1 heterocycles. The first-order valence-corrected chi connectivity index (χ1v) is 21.5. The van der Waals surface area contributed by atoms with Gasteiger partial charge in [-0.1, -0.05) is 140 Å². The molecule has 1 atom stereocenters. The van der Waals surface area contributed by atoms with Crippen LogP contribution in [0.25, 0.3) is 0 Å². The van der Waals surface area contributed by atoms with E-state index in [0.29, 0.717) is 0 Å². The van der Waals surface area contributed by atoms with E-state index in [-0.39, 0.29) is 6.10 Å². The van der Waals surface area contributed by atoms with Crippen LogP contribution in [-0.4, -0.2) is 75.5 Å². The monoisotopic (exact) mass is 685 g/mol. The van der Waals surface area contributed by atoms with Crippen molar-refractivity contribution in [3.05, 3.63) is 48.6 Å². The maximum absolute atomic E-state index is 6.42. The number of likely N-dealkylation sites (N-methyl/N-ethyl adjacent to an activating group) is 1. The summed E-state index contributed by atoms with van der Waals surface area (Å²) in [5, 5.41) is 0. The van der Waals surface area contributed by atoms with Crippen molar-refractivity contribution in [3.8, 4) is 0 Å². The Kier molecular flexibility index (Phi) is 35.6. The predicted molar refractivity (Wildman–Crippen MR) is 218 cm³/mol. The standard InChI is InChI=1S/C45H84N2O2/c1-4-6-8-10-12-14-16-18-20-22-24-26-28-30-32-34-42-48-44-45(36-37-47-40-38-46(3)39-41-47)49-43-35-33-31-29-27-25-23-21-19-17-15-13-11-9-7-5-2/h12-15,18-21,45H,4-11,16-17,22-44H2,1-3H3/b14-12+,15-13+,20-18+,21-19+. The molecule has 0 aromatic rings. The smallest absolute Gasteiger partial charge is 0.0820 e. The van der Waals surface area contributed by atoms with Crippen molar-refractivity contribution < 1.29 is 9.47 Å². The predicted octanol–water partition coefficient (Wildman–Crippen LogP) is 12.7. The Balaban J connectivity index is 2.06. The lowest BCUT2D eigenvalue weighted by Crippen LogP contribution is -2.45. The number of hydrogen-bond donors (Lipinski definition) is 0. The van der Waals surface area contributed by atoms with Crippen molar-refractivity contribution in [3.63, 3.8) is 0 Å². The Morgan fingerprint density at radius 2 is 0.918 bits per heavy atom. The molecule has 1 aliphatic rings. The molecule has 0 radical (unpaired) electrons. The molecule has 0 N–H and O–H groups in total. The van der Waals surface area contributed by atoms with Crippen LogP contribution in [0.4, 0.5) is 0 Å². The number of nitrogens with zero attached hydrogens (tertiary/aromatic N) is 2. The molecule has 1 aliphatic heterocycles. The minimum Gasteiger partial charge on any atom is -0.379 e. The van der Waals surface area contributed by atoms with Crippen LogP contribution in [0, 0.1) is 0 Å². The molecule has 1 saturated heterocycles. The van der Waals surface area contributed by atoms with E-state index in [2.05, 4.69) is 79.3 Å². The van der Waals surface area contributed by atoms with Crippen LogP contribution in [0.1, 0.15) is 174 Å². The van der Waals surface area contributed by atoms with Crippen LogP contribution in [0.15, 0.2) is 48.6 Å². The van der Waals surface area contributed by atoms with Gasteiger partial charge in [-0.25, -0.2) is 0 Å². The molecule has 1 fully saturated rings. The van der Waals surface area contributed by atoms with E-state index < -0.39 is 0 Å². The molecule has 0 bridgehead atoms. The van der Waals surface area contributed by atoms with Crippen LogP contribution < -0.4 is 0 Å². The second kappa shape index (κ2) is 38.0. The van der Waals surface area contributed by atoms with Crippen molar-refractivity contribution >= 4 is 0 Å². The lowest BCUT2D eigenvalue weighted by Gasteiger charge is -2.33. The van der Waals surface area contributed by atoms with Gasteiger partial charge in [-0.2, -0.15) is 0 Å². The molecule has 0 aromatic carbocycles. The van der Waals surface area contributed by atoms with Crippen LogP contribution in [0.3, 0.4) is 0 Å². The Labute approximate surface area is 307 Å². The molecule has 286 valence electrons. The van der Waals surface area contributed by atoms with Gasteiger partial charge in [-0.3, -0.25) is 0 Å². The minimum absolute atomic E-state index is 0.238. The zero-order chi connectivity index (χ0) is 35.1. The number of rotatable bonds is 36. The van der Waals surface area contributed by atoms with Crippen molar-refractivity contribution in [2.75, 3.05) is 59.6 Å². The summed E-state index contributed by atoms with van der Waals surface area (Å²) in [6, 6.07) is 0. The molecule has 0 aliphatic carbocycles. The second-order valence-corrected chi connectivity index (χ2v) is 14.7. The second-order valence-electron chi connectivity index (χ2n) is 14.7. The highest BCUT2D eigenvalue weighted by Crippen LogP contribution is 2.12. The van der Waals surface area contributed by atoms with Gasteiger partial charge in [0.15, 0.2) is 0 Å². The third kappa shape index (κ3) is 33.7. The van der Waals surface area contributed by atoms with E-state index in [1.807, 2.05) is 0 Å². The molecule has 0 saturated carbocycles. The van der Waals surface area contributed by atoms with E-state index in [9.17, 15) is 0 Å². The summed E-state index contributed by atoms with van der Waals surface area (Å²) < 4.78 is 12.6.